The SMILES string of the molecule is CCC1CCC(Oc2ccc(C(N)=S)cc2OC)CC1. The van der Waals surface area contributed by atoms with Crippen LogP contribution < -0.4 is 15.2 Å². The second-order valence-corrected chi connectivity index (χ2v) is 5.84. The fourth-order valence-corrected chi connectivity index (χ4v) is 2.88. The van der Waals surface area contributed by atoms with Gasteiger partial charge in [0, 0.05) is 5.56 Å². The van der Waals surface area contributed by atoms with Crippen LogP contribution in [0.3, 0.4) is 0 Å². The van der Waals surface area contributed by atoms with Gasteiger partial charge in [-0.05, 0) is 49.8 Å². The minimum atomic E-state index is 0.294. The highest BCUT2D eigenvalue weighted by atomic mass is 32.1. The Kier molecular flexibility index (Phi) is 5.24. The maximum absolute atomic E-state index is 6.10. The molecule has 1 saturated carbocycles. The van der Waals surface area contributed by atoms with Crippen LogP contribution in [0.15, 0.2) is 18.2 Å². The largest absolute Gasteiger partial charge is 0.493 e. The van der Waals surface area contributed by atoms with Crippen molar-refractivity contribution in [1.82, 2.24) is 0 Å². The third-order valence-electron chi connectivity index (χ3n) is 4.11. The molecule has 110 valence electrons. The highest BCUT2D eigenvalue weighted by Crippen LogP contribution is 2.33. The molecule has 0 aliphatic heterocycles. The lowest BCUT2D eigenvalue weighted by molar-refractivity contribution is 0.126. The maximum atomic E-state index is 6.10. The molecule has 0 bridgehead atoms. The van der Waals surface area contributed by atoms with Gasteiger partial charge in [0.2, 0.25) is 0 Å². The Labute approximate surface area is 126 Å². The zero-order valence-electron chi connectivity index (χ0n) is 12.2. The molecular formula is C16H23NO2S. The first kappa shape index (κ1) is 15.1. The Morgan fingerprint density at radius 1 is 1.25 bits per heavy atom. The van der Waals surface area contributed by atoms with E-state index >= 15 is 0 Å². The first-order valence-electron chi connectivity index (χ1n) is 7.28. The van der Waals surface area contributed by atoms with Crippen molar-refractivity contribution in [1.29, 1.82) is 0 Å². The van der Waals surface area contributed by atoms with E-state index in [-0.39, 0.29) is 0 Å². The molecule has 1 aromatic carbocycles. The van der Waals surface area contributed by atoms with E-state index in [1.807, 2.05) is 18.2 Å². The molecule has 0 aromatic heterocycles. The molecule has 1 aliphatic carbocycles. The number of hydrogen-bond donors (Lipinski definition) is 1. The van der Waals surface area contributed by atoms with Gasteiger partial charge in [0.1, 0.15) is 4.99 Å². The molecule has 0 amide bonds. The minimum absolute atomic E-state index is 0.294. The van der Waals surface area contributed by atoms with Gasteiger partial charge < -0.3 is 15.2 Å². The van der Waals surface area contributed by atoms with Crippen molar-refractivity contribution in [3.63, 3.8) is 0 Å². The van der Waals surface area contributed by atoms with Crippen LogP contribution in [0.4, 0.5) is 0 Å². The Hall–Kier alpha value is -1.29. The van der Waals surface area contributed by atoms with E-state index < -0.39 is 0 Å². The summed E-state index contributed by atoms with van der Waals surface area (Å²) in [6, 6.07) is 5.63. The summed E-state index contributed by atoms with van der Waals surface area (Å²) in [6.45, 7) is 2.27. The van der Waals surface area contributed by atoms with Crippen molar-refractivity contribution in [2.75, 3.05) is 7.11 Å². The van der Waals surface area contributed by atoms with Crippen LogP contribution in [0, 0.1) is 5.92 Å². The maximum Gasteiger partial charge on any atom is 0.161 e. The summed E-state index contributed by atoms with van der Waals surface area (Å²) in [4.78, 5) is 0.373. The van der Waals surface area contributed by atoms with Crippen LogP contribution in [0.25, 0.3) is 0 Å². The molecule has 1 aliphatic rings. The molecular weight excluding hydrogens is 270 g/mol. The molecule has 0 radical (unpaired) electrons. The summed E-state index contributed by atoms with van der Waals surface area (Å²) in [5, 5.41) is 0. The predicted molar refractivity (Wildman–Crippen MR) is 85.5 cm³/mol. The van der Waals surface area contributed by atoms with Gasteiger partial charge in [-0.1, -0.05) is 25.6 Å². The molecule has 20 heavy (non-hydrogen) atoms. The van der Waals surface area contributed by atoms with Crippen molar-refractivity contribution in [2.24, 2.45) is 11.7 Å². The van der Waals surface area contributed by atoms with Gasteiger partial charge in [0.15, 0.2) is 11.5 Å². The Balaban J connectivity index is 2.04. The van der Waals surface area contributed by atoms with E-state index in [0.29, 0.717) is 16.8 Å². The normalized spacial score (nSPS) is 22.3. The summed E-state index contributed by atoms with van der Waals surface area (Å²) in [6.07, 6.45) is 6.33. The molecule has 0 unspecified atom stereocenters. The zero-order valence-corrected chi connectivity index (χ0v) is 13.0. The molecule has 0 atom stereocenters. The van der Waals surface area contributed by atoms with Crippen LogP contribution >= 0.6 is 12.2 Å². The summed E-state index contributed by atoms with van der Waals surface area (Å²) in [5.74, 6) is 2.36. The Morgan fingerprint density at radius 2 is 1.95 bits per heavy atom. The van der Waals surface area contributed by atoms with Gasteiger partial charge in [-0.2, -0.15) is 0 Å². The number of rotatable bonds is 5. The van der Waals surface area contributed by atoms with Gasteiger partial charge in [0.05, 0.1) is 13.2 Å². The average Bonchev–Trinajstić information content (AvgIpc) is 2.48. The van der Waals surface area contributed by atoms with Gasteiger partial charge in [0.25, 0.3) is 0 Å². The summed E-state index contributed by atoms with van der Waals surface area (Å²) in [5.41, 5.74) is 6.44. The quantitative estimate of drug-likeness (QED) is 0.841. The molecule has 3 nitrogen and oxygen atoms in total. The van der Waals surface area contributed by atoms with E-state index in [1.165, 1.54) is 19.3 Å². The van der Waals surface area contributed by atoms with Crippen LogP contribution in [-0.2, 0) is 0 Å². The number of ether oxygens (including phenoxy) is 2. The second-order valence-electron chi connectivity index (χ2n) is 5.40. The first-order chi connectivity index (χ1) is 9.63. The van der Waals surface area contributed by atoms with Crippen molar-refractivity contribution in [2.45, 2.75) is 45.1 Å². The highest BCUT2D eigenvalue weighted by Gasteiger charge is 2.22. The van der Waals surface area contributed by atoms with E-state index in [2.05, 4.69) is 6.92 Å². The van der Waals surface area contributed by atoms with Gasteiger partial charge in [-0.3, -0.25) is 0 Å². The van der Waals surface area contributed by atoms with E-state index in [4.69, 9.17) is 27.4 Å². The van der Waals surface area contributed by atoms with Crippen LogP contribution in [0.2, 0.25) is 0 Å². The highest BCUT2D eigenvalue weighted by molar-refractivity contribution is 7.80. The lowest BCUT2D eigenvalue weighted by atomic mass is 9.86. The van der Waals surface area contributed by atoms with Gasteiger partial charge in [-0.15, -0.1) is 0 Å². The number of benzene rings is 1. The summed E-state index contributed by atoms with van der Waals surface area (Å²) < 4.78 is 11.5. The van der Waals surface area contributed by atoms with Crippen molar-refractivity contribution >= 4 is 17.2 Å². The average molecular weight is 293 g/mol. The number of methoxy groups -OCH3 is 1. The molecule has 0 heterocycles. The fraction of sp³-hybridized carbons (Fsp3) is 0.562. The second kappa shape index (κ2) is 6.93. The molecule has 2 rings (SSSR count). The molecule has 1 fully saturated rings. The smallest absolute Gasteiger partial charge is 0.161 e. The first-order valence-corrected chi connectivity index (χ1v) is 7.69. The molecule has 4 heteroatoms. The van der Waals surface area contributed by atoms with Crippen LogP contribution in [0.5, 0.6) is 11.5 Å². The number of thiocarbonyl (C=S) groups is 1. The topological polar surface area (TPSA) is 44.5 Å². The van der Waals surface area contributed by atoms with Crippen LogP contribution in [-0.4, -0.2) is 18.2 Å². The molecule has 0 spiro atoms. The van der Waals surface area contributed by atoms with E-state index in [1.54, 1.807) is 7.11 Å². The Bertz CT molecular complexity index is 468. The Morgan fingerprint density at radius 3 is 2.50 bits per heavy atom. The summed E-state index contributed by atoms with van der Waals surface area (Å²) in [7, 11) is 1.64. The standard InChI is InChI=1S/C16H23NO2S/c1-3-11-4-7-13(8-5-11)19-14-9-6-12(16(17)20)10-15(14)18-2/h6,9-11,13H,3-5,7-8H2,1-2H3,(H2,17,20). The van der Waals surface area contributed by atoms with Gasteiger partial charge >= 0.3 is 0 Å². The minimum Gasteiger partial charge on any atom is -0.493 e. The third kappa shape index (κ3) is 3.63. The zero-order chi connectivity index (χ0) is 14.5. The molecule has 0 saturated heterocycles. The van der Waals surface area contributed by atoms with Crippen molar-refractivity contribution in [3.8, 4) is 11.5 Å². The van der Waals surface area contributed by atoms with Crippen LogP contribution in [0.1, 0.15) is 44.6 Å². The molecule has 1 aromatic rings. The number of nitrogens with two attached hydrogens (primary N) is 1. The summed E-state index contributed by atoms with van der Waals surface area (Å²) >= 11 is 4.98. The van der Waals surface area contributed by atoms with Crippen molar-refractivity contribution in [3.05, 3.63) is 23.8 Å². The van der Waals surface area contributed by atoms with Crippen molar-refractivity contribution < 1.29 is 9.47 Å². The fourth-order valence-electron chi connectivity index (χ4n) is 2.76. The molecule has 2 N–H and O–H groups in total. The van der Waals surface area contributed by atoms with Gasteiger partial charge in [-0.25, -0.2) is 0 Å². The lowest BCUT2D eigenvalue weighted by Gasteiger charge is -2.28. The van der Waals surface area contributed by atoms with E-state index in [9.17, 15) is 0 Å². The van der Waals surface area contributed by atoms with E-state index in [0.717, 1.165) is 30.1 Å². The lowest BCUT2D eigenvalue weighted by Crippen LogP contribution is -2.24. The third-order valence-corrected chi connectivity index (χ3v) is 4.35. The monoisotopic (exact) mass is 293 g/mol. The predicted octanol–water partition coefficient (Wildman–Crippen LogP) is 3.68. The number of hydrogen-bond acceptors (Lipinski definition) is 3.